The van der Waals surface area contributed by atoms with E-state index in [-0.39, 0.29) is 10.8 Å². The highest BCUT2D eigenvalue weighted by Gasteiger charge is 2.26. The van der Waals surface area contributed by atoms with Gasteiger partial charge in [0, 0.05) is 6.07 Å². The van der Waals surface area contributed by atoms with Crippen molar-refractivity contribution in [1.29, 1.82) is 0 Å². The number of methoxy groups -OCH3 is 1. The van der Waals surface area contributed by atoms with Crippen LogP contribution in [0.15, 0.2) is 12.1 Å². The number of hydrogen-bond acceptors (Lipinski definition) is 4. The number of ether oxygens (including phenoxy) is 1. The second-order valence-electron chi connectivity index (χ2n) is 2.54. The highest BCUT2D eigenvalue weighted by Crippen LogP contribution is 2.34. The normalized spacial score (nSPS) is 9.73. The van der Waals surface area contributed by atoms with Gasteiger partial charge in [0.25, 0.3) is 5.69 Å². The van der Waals surface area contributed by atoms with Gasteiger partial charge in [-0.2, -0.15) is 0 Å². The average Bonchev–Trinajstić information content (AvgIpc) is 2.16. The lowest BCUT2D eigenvalue weighted by Gasteiger charge is -2.06. The molecule has 0 heterocycles. The molecule has 7 heteroatoms. The fraction of sp³-hybridized carbons (Fsp3) is 0.125. The van der Waals surface area contributed by atoms with Gasteiger partial charge in [-0.15, -0.1) is 0 Å². The van der Waals surface area contributed by atoms with Crippen molar-refractivity contribution in [3.8, 4) is 5.75 Å². The van der Waals surface area contributed by atoms with Crippen LogP contribution in [0.1, 0.15) is 10.4 Å². The van der Waals surface area contributed by atoms with Gasteiger partial charge < -0.3 is 9.84 Å². The smallest absolute Gasteiger partial charge is 0.346 e. The summed E-state index contributed by atoms with van der Waals surface area (Å²) in [7, 11) is 1.19. The number of aromatic carboxylic acids is 1. The number of nitro benzene ring substituents is 1. The molecule has 1 aromatic rings. The number of hydrogen-bond donors (Lipinski definition) is 1. The Morgan fingerprint density at radius 3 is 2.60 bits per heavy atom. The molecule has 0 bridgehead atoms. The molecule has 0 aliphatic rings. The summed E-state index contributed by atoms with van der Waals surface area (Å²) < 4.78 is 4.71. The molecule has 0 radical (unpaired) electrons. The number of carbonyl (C=O) groups is 1. The van der Waals surface area contributed by atoms with Gasteiger partial charge in [0.2, 0.25) is 0 Å². The molecule has 0 amide bonds. The quantitative estimate of drug-likeness (QED) is 0.634. The van der Waals surface area contributed by atoms with Crippen LogP contribution < -0.4 is 4.74 Å². The monoisotopic (exact) mass is 231 g/mol. The fourth-order valence-corrected chi connectivity index (χ4v) is 1.34. The predicted octanol–water partition coefficient (Wildman–Crippen LogP) is 1.96. The van der Waals surface area contributed by atoms with Crippen molar-refractivity contribution in [3.63, 3.8) is 0 Å². The van der Waals surface area contributed by atoms with E-state index in [9.17, 15) is 14.9 Å². The van der Waals surface area contributed by atoms with E-state index in [1.807, 2.05) is 0 Å². The van der Waals surface area contributed by atoms with Crippen LogP contribution in [0.25, 0.3) is 0 Å². The first kappa shape index (κ1) is 11.3. The minimum Gasteiger partial charge on any atom is -0.494 e. The summed E-state index contributed by atoms with van der Waals surface area (Å²) in [5.74, 6) is -1.67. The van der Waals surface area contributed by atoms with Gasteiger partial charge in [-0.05, 0) is 6.07 Å². The van der Waals surface area contributed by atoms with Crippen molar-refractivity contribution in [2.24, 2.45) is 0 Å². The third-order valence-corrected chi connectivity index (χ3v) is 2.00. The summed E-state index contributed by atoms with van der Waals surface area (Å²) in [5, 5.41) is 19.4. The largest absolute Gasteiger partial charge is 0.494 e. The first-order valence-electron chi connectivity index (χ1n) is 3.73. The highest BCUT2D eigenvalue weighted by molar-refractivity contribution is 6.32. The first-order chi connectivity index (χ1) is 6.99. The van der Waals surface area contributed by atoms with Crippen molar-refractivity contribution < 1.29 is 19.6 Å². The number of halogens is 1. The second kappa shape index (κ2) is 4.14. The summed E-state index contributed by atoms with van der Waals surface area (Å²) in [5.41, 5.74) is -1.10. The molecule has 0 aromatic heterocycles. The lowest BCUT2D eigenvalue weighted by atomic mass is 10.1. The standard InChI is InChI=1S/C8H6ClNO5/c1-15-7-4(9)2-3-5(10(13)14)6(7)8(11)12/h2-3H,1H3,(H,11,12). The van der Waals surface area contributed by atoms with E-state index in [1.54, 1.807) is 0 Å². The highest BCUT2D eigenvalue weighted by atomic mass is 35.5. The lowest BCUT2D eigenvalue weighted by Crippen LogP contribution is -2.05. The number of carboxylic acids is 1. The van der Waals surface area contributed by atoms with Crippen LogP contribution in [-0.4, -0.2) is 23.1 Å². The molecular weight excluding hydrogens is 226 g/mol. The van der Waals surface area contributed by atoms with Crippen molar-refractivity contribution in [2.45, 2.75) is 0 Å². The Hall–Kier alpha value is -1.82. The van der Waals surface area contributed by atoms with Gasteiger partial charge >= 0.3 is 5.97 Å². The van der Waals surface area contributed by atoms with Gasteiger partial charge in [0.15, 0.2) is 11.3 Å². The Labute approximate surface area is 89.2 Å². The first-order valence-corrected chi connectivity index (χ1v) is 4.11. The summed E-state index contributed by atoms with van der Waals surface area (Å²) >= 11 is 5.64. The van der Waals surface area contributed by atoms with Crippen molar-refractivity contribution in [1.82, 2.24) is 0 Å². The van der Waals surface area contributed by atoms with Crippen molar-refractivity contribution in [3.05, 3.63) is 32.8 Å². The van der Waals surface area contributed by atoms with Crippen LogP contribution in [0.3, 0.4) is 0 Å². The molecular formula is C8H6ClNO5. The van der Waals surface area contributed by atoms with Crippen LogP contribution in [-0.2, 0) is 0 Å². The van der Waals surface area contributed by atoms with Crippen LogP contribution in [0.2, 0.25) is 5.02 Å². The Morgan fingerprint density at radius 2 is 2.20 bits per heavy atom. The molecule has 1 aromatic carbocycles. The number of benzene rings is 1. The maximum absolute atomic E-state index is 10.8. The van der Waals surface area contributed by atoms with Crippen LogP contribution in [0.5, 0.6) is 5.75 Å². The molecule has 0 saturated carbocycles. The minimum atomic E-state index is -1.46. The maximum atomic E-state index is 10.8. The molecule has 15 heavy (non-hydrogen) atoms. The summed E-state index contributed by atoms with van der Waals surface area (Å²) in [4.78, 5) is 20.6. The second-order valence-corrected chi connectivity index (χ2v) is 2.94. The minimum absolute atomic E-state index is 0.0144. The van der Waals surface area contributed by atoms with Crippen molar-refractivity contribution in [2.75, 3.05) is 7.11 Å². The zero-order valence-electron chi connectivity index (χ0n) is 7.56. The van der Waals surface area contributed by atoms with E-state index in [2.05, 4.69) is 0 Å². The summed E-state index contributed by atoms with van der Waals surface area (Å²) in [6.07, 6.45) is 0. The van der Waals surface area contributed by atoms with Gasteiger partial charge in [-0.3, -0.25) is 10.1 Å². The van der Waals surface area contributed by atoms with Gasteiger partial charge in [0.05, 0.1) is 17.1 Å². The van der Waals surface area contributed by atoms with E-state index in [0.717, 1.165) is 6.07 Å². The fourth-order valence-electron chi connectivity index (χ4n) is 1.11. The predicted molar refractivity (Wildman–Crippen MR) is 51.6 cm³/mol. The van der Waals surface area contributed by atoms with Gasteiger partial charge in [-0.1, -0.05) is 11.6 Å². The van der Waals surface area contributed by atoms with Gasteiger partial charge in [-0.25, -0.2) is 4.79 Å². The number of rotatable bonds is 3. The molecule has 0 aliphatic heterocycles. The van der Waals surface area contributed by atoms with E-state index < -0.39 is 22.1 Å². The molecule has 0 aliphatic carbocycles. The van der Waals surface area contributed by atoms with Crippen LogP contribution >= 0.6 is 11.6 Å². The Bertz CT molecular complexity index is 431. The van der Waals surface area contributed by atoms with E-state index in [1.165, 1.54) is 13.2 Å². The summed E-state index contributed by atoms with van der Waals surface area (Å²) in [6, 6.07) is 2.24. The molecule has 1 rings (SSSR count). The lowest BCUT2D eigenvalue weighted by molar-refractivity contribution is -0.385. The zero-order chi connectivity index (χ0) is 11.6. The Morgan fingerprint density at radius 1 is 1.60 bits per heavy atom. The number of nitrogens with zero attached hydrogens (tertiary/aromatic N) is 1. The third-order valence-electron chi connectivity index (χ3n) is 1.70. The molecule has 0 spiro atoms. The Balaban J connectivity index is 3.56. The van der Waals surface area contributed by atoms with Gasteiger partial charge in [0.1, 0.15) is 0 Å². The van der Waals surface area contributed by atoms with E-state index >= 15 is 0 Å². The van der Waals surface area contributed by atoms with Crippen molar-refractivity contribution >= 4 is 23.3 Å². The molecule has 1 N–H and O–H groups in total. The van der Waals surface area contributed by atoms with E-state index in [0.29, 0.717) is 0 Å². The van der Waals surface area contributed by atoms with Crippen LogP contribution in [0.4, 0.5) is 5.69 Å². The number of nitro groups is 1. The molecule has 0 atom stereocenters. The third kappa shape index (κ3) is 1.99. The molecule has 0 saturated heterocycles. The maximum Gasteiger partial charge on any atom is 0.346 e. The molecule has 80 valence electrons. The Kier molecular flexibility index (Phi) is 3.11. The number of carboxylic acid groups (broad SMARTS) is 1. The molecule has 0 fully saturated rings. The topological polar surface area (TPSA) is 89.7 Å². The molecule has 0 unspecified atom stereocenters. The summed E-state index contributed by atoms with van der Waals surface area (Å²) in [6.45, 7) is 0. The average molecular weight is 232 g/mol. The SMILES string of the molecule is COc1c(Cl)ccc([N+](=O)[O-])c1C(=O)O. The zero-order valence-corrected chi connectivity index (χ0v) is 8.32. The van der Waals surface area contributed by atoms with Crippen LogP contribution in [0, 0.1) is 10.1 Å². The van der Waals surface area contributed by atoms with E-state index in [4.69, 9.17) is 21.4 Å². The molecule has 6 nitrogen and oxygen atoms in total.